The lowest BCUT2D eigenvalue weighted by atomic mass is 9.91. The molecule has 0 spiro atoms. The smallest absolute Gasteiger partial charge is 0.225 e. The molecule has 3 atom stereocenters. The standard InChI is InChI=1S/C19H29N3O2.ClH/c1-13-4-6-16(7-5-13)18(21-15(3)23)11-19(24)22-9-8-14(2)10-17(22)12-20;/h4-7,14,17-18H,8-12,20H2,1-3H3,(H,21,23);1H. The molecule has 0 aliphatic carbocycles. The van der Waals surface area contributed by atoms with Crippen molar-refractivity contribution in [1.82, 2.24) is 10.2 Å². The normalized spacial score (nSPS) is 21.2. The predicted octanol–water partition coefficient (Wildman–Crippen LogP) is 2.57. The van der Waals surface area contributed by atoms with Crippen LogP contribution >= 0.6 is 12.4 Å². The summed E-state index contributed by atoms with van der Waals surface area (Å²) >= 11 is 0. The van der Waals surface area contributed by atoms with Crippen molar-refractivity contribution in [2.24, 2.45) is 11.7 Å². The maximum Gasteiger partial charge on any atom is 0.225 e. The second kappa shape index (κ2) is 9.78. The fourth-order valence-corrected chi connectivity index (χ4v) is 3.39. The van der Waals surface area contributed by atoms with Crippen molar-refractivity contribution >= 4 is 24.2 Å². The van der Waals surface area contributed by atoms with Gasteiger partial charge in [-0.3, -0.25) is 9.59 Å². The summed E-state index contributed by atoms with van der Waals surface area (Å²) in [5, 5.41) is 2.91. The fraction of sp³-hybridized carbons (Fsp3) is 0.579. The largest absolute Gasteiger partial charge is 0.349 e. The van der Waals surface area contributed by atoms with E-state index in [4.69, 9.17) is 5.73 Å². The SMILES string of the molecule is CC(=O)NC(CC(=O)N1CCC(C)CC1CN)c1ccc(C)cc1.Cl. The van der Waals surface area contributed by atoms with Gasteiger partial charge < -0.3 is 16.0 Å². The first kappa shape index (κ1) is 21.5. The van der Waals surface area contributed by atoms with Crippen LogP contribution < -0.4 is 11.1 Å². The molecule has 1 saturated heterocycles. The summed E-state index contributed by atoms with van der Waals surface area (Å²) in [4.78, 5) is 26.3. The molecule has 1 aromatic rings. The van der Waals surface area contributed by atoms with Gasteiger partial charge in [-0.05, 0) is 31.2 Å². The van der Waals surface area contributed by atoms with Gasteiger partial charge in [-0.2, -0.15) is 0 Å². The Hall–Kier alpha value is -1.59. The van der Waals surface area contributed by atoms with Crippen molar-refractivity contribution < 1.29 is 9.59 Å². The molecule has 140 valence electrons. The highest BCUT2D eigenvalue weighted by atomic mass is 35.5. The summed E-state index contributed by atoms with van der Waals surface area (Å²) in [6.45, 7) is 6.95. The van der Waals surface area contributed by atoms with E-state index in [0.717, 1.165) is 30.5 Å². The molecule has 1 fully saturated rings. The minimum Gasteiger partial charge on any atom is -0.349 e. The number of aryl methyl sites for hydroxylation is 1. The van der Waals surface area contributed by atoms with Crippen LogP contribution in [0.1, 0.15) is 50.3 Å². The third-order valence-corrected chi connectivity index (χ3v) is 4.81. The molecule has 5 nitrogen and oxygen atoms in total. The van der Waals surface area contributed by atoms with E-state index in [2.05, 4.69) is 12.2 Å². The Morgan fingerprint density at radius 2 is 1.96 bits per heavy atom. The Kier molecular flexibility index (Phi) is 8.39. The van der Waals surface area contributed by atoms with Crippen LogP contribution in [0.4, 0.5) is 0 Å². The molecule has 0 aromatic heterocycles. The van der Waals surface area contributed by atoms with Gasteiger partial charge in [0, 0.05) is 26.1 Å². The van der Waals surface area contributed by atoms with Crippen molar-refractivity contribution in [3.05, 3.63) is 35.4 Å². The molecule has 1 aliphatic rings. The second-order valence-electron chi connectivity index (χ2n) is 6.97. The van der Waals surface area contributed by atoms with E-state index in [-0.39, 0.29) is 42.7 Å². The first-order valence-electron chi connectivity index (χ1n) is 8.74. The lowest BCUT2D eigenvalue weighted by Gasteiger charge is -2.38. The van der Waals surface area contributed by atoms with Crippen molar-refractivity contribution in [2.75, 3.05) is 13.1 Å². The fourth-order valence-electron chi connectivity index (χ4n) is 3.39. The van der Waals surface area contributed by atoms with E-state index in [9.17, 15) is 9.59 Å². The summed E-state index contributed by atoms with van der Waals surface area (Å²) in [7, 11) is 0. The summed E-state index contributed by atoms with van der Waals surface area (Å²) in [6.07, 6.45) is 2.24. The van der Waals surface area contributed by atoms with Gasteiger partial charge in [0.25, 0.3) is 0 Å². The van der Waals surface area contributed by atoms with E-state index in [1.807, 2.05) is 36.1 Å². The zero-order chi connectivity index (χ0) is 17.7. The predicted molar refractivity (Wildman–Crippen MR) is 103 cm³/mol. The van der Waals surface area contributed by atoms with E-state index in [1.54, 1.807) is 0 Å². The zero-order valence-electron chi connectivity index (χ0n) is 15.3. The van der Waals surface area contributed by atoms with Crippen LogP contribution in [0, 0.1) is 12.8 Å². The minimum absolute atomic E-state index is 0. The van der Waals surface area contributed by atoms with E-state index >= 15 is 0 Å². The van der Waals surface area contributed by atoms with Crippen LogP contribution in [0.15, 0.2) is 24.3 Å². The molecule has 1 aromatic carbocycles. The summed E-state index contributed by atoms with van der Waals surface area (Å²) in [5.74, 6) is 0.540. The van der Waals surface area contributed by atoms with Crippen LogP contribution in [-0.4, -0.2) is 35.8 Å². The van der Waals surface area contributed by atoms with Gasteiger partial charge in [0.1, 0.15) is 0 Å². The highest BCUT2D eigenvalue weighted by Gasteiger charge is 2.30. The number of piperidine rings is 1. The molecular weight excluding hydrogens is 338 g/mol. The van der Waals surface area contributed by atoms with Gasteiger partial charge in [-0.1, -0.05) is 36.8 Å². The molecule has 1 heterocycles. The molecular formula is C19H30ClN3O2. The highest BCUT2D eigenvalue weighted by molar-refractivity contribution is 5.85. The lowest BCUT2D eigenvalue weighted by Crippen LogP contribution is -2.50. The summed E-state index contributed by atoms with van der Waals surface area (Å²) in [5.41, 5.74) is 7.98. The maximum atomic E-state index is 12.8. The van der Waals surface area contributed by atoms with Crippen LogP contribution in [0.5, 0.6) is 0 Å². The number of amides is 2. The molecule has 0 radical (unpaired) electrons. The first-order chi connectivity index (χ1) is 11.4. The Bertz CT molecular complexity index is 577. The Morgan fingerprint density at radius 1 is 1.32 bits per heavy atom. The van der Waals surface area contributed by atoms with Crippen LogP contribution in [-0.2, 0) is 9.59 Å². The molecule has 6 heteroatoms. The van der Waals surface area contributed by atoms with E-state index < -0.39 is 0 Å². The molecule has 2 amide bonds. The Labute approximate surface area is 156 Å². The third-order valence-electron chi connectivity index (χ3n) is 4.81. The maximum absolute atomic E-state index is 12.8. The highest BCUT2D eigenvalue weighted by Crippen LogP contribution is 2.25. The zero-order valence-corrected chi connectivity index (χ0v) is 16.1. The second-order valence-corrected chi connectivity index (χ2v) is 6.97. The average molecular weight is 368 g/mol. The Morgan fingerprint density at radius 3 is 2.52 bits per heavy atom. The molecule has 3 N–H and O–H groups in total. The van der Waals surface area contributed by atoms with Gasteiger partial charge in [0.05, 0.1) is 12.5 Å². The van der Waals surface area contributed by atoms with Crippen LogP contribution in [0.25, 0.3) is 0 Å². The van der Waals surface area contributed by atoms with Crippen molar-refractivity contribution in [1.29, 1.82) is 0 Å². The number of likely N-dealkylation sites (tertiary alicyclic amines) is 1. The molecule has 25 heavy (non-hydrogen) atoms. The summed E-state index contributed by atoms with van der Waals surface area (Å²) in [6, 6.07) is 7.76. The van der Waals surface area contributed by atoms with Gasteiger partial charge in [0.2, 0.25) is 11.8 Å². The molecule has 1 aliphatic heterocycles. The topological polar surface area (TPSA) is 75.4 Å². The number of hydrogen-bond donors (Lipinski definition) is 2. The van der Waals surface area contributed by atoms with Gasteiger partial charge in [-0.15, -0.1) is 12.4 Å². The van der Waals surface area contributed by atoms with Crippen molar-refractivity contribution in [2.45, 2.75) is 52.1 Å². The monoisotopic (exact) mass is 367 g/mol. The van der Waals surface area contributed by atoms with Gasteiger partial charge in [0.15, 0.2) is 0 Å². The minimum atomic E-state index is -0.298. The van der Waals surface area contributed by atoms with E-state index in [1.165, 1.54) is 6.92 Å². The first-order valence-corrected chi connectivity index (χ1v) is 8.74. The Balaban J connectivity index is 0.00000312. The number of nitrogens with one attached hydrogen (secondary N) is 1. The molecule has 2 rings (SSSR count). The van der Waals surface area contributed by atoms with Gasteiger partial charge in [-0.25, -0.2) is 0 Å². The number of halogens is 1. The van der Waals surface area contributed by atoms with Crippen LogP contribution in [0.3, 0.4) is 0 Å². The molecule has 0 saturated carbocycles. The van der Waals surface area contributed by atoms with E-state index in [0.29, 0.717) is 12.5 Å². The molecule has 3 unspecified atom stereocenters. The van der Waals surface area contributed by atoms with Gasteiger partial charge >= 0.3 is 0 Å². The van der Waals surface area contributed by atoms with Crippen LogP contribution in [0.2, 0.25) is 0 Å². The average Bonchev–Trinajstić information content (AvgIpc) is 2.54. The number of hydrogen-bond acceptors (Lipinski definition) is 3. The lowest BCUT2D eigenvalue weighted by molar-refractivity contribution is -0.136. The third kappa shape index (κ3) is 6.01. The molecule has 0 bridgehead atoms. The quantitative estimate of drug-likeness (QED) is 0.839. The number of carbonyl (C=O) groups excluding carboxylic acids is 2. The summed E-state index contributed by atoms with van der Waals surface area (Å²) < 4.78 is 0. The van der Waals surface area contributed by atoms with Crippen molar-refractivity contribution in [3.63, 3.8) is 0 Å². The number of benzene rings is 1. The number of carbonyl (C=O) groups is 2. The van der Waals surface area contributed by atoms with Crippen molar-refractivity contribution in [3.8, 4) is 0 Å². The number of rotatable bonds is 5. The number of nitrogens with two attached hydrogens (primary N) is 1. The number of nitrogens with zero attached hydrogens (tertiary/aromatic N) is 1.